The van der Waals surface area contributed by atoms with Crippen LogP contribution in [0.3, 0.4) is 0 Å². The van der Waals surface area contributed by atoms with Crippen molar-refractivity contribution in [1.82, 2.24) is 4.90 Å². The summed E-state index contributed by atoms with van der Waals surface area (Å²) >= 11 is 0. The number of phenols is 1. The number of carbonyl (C=O) groups excluding carboxylic acids is 1. The van der Waals surface area contributed by atoms with Crippen LogP contribution in [0.4, 0.5) is 0 Å². The highest BCUT2D eigenvalue weighted by Crippen LogP contribution is 2.13. The maximum atomic E-state index is 12.2. The molecule has 2 rings (SSSR count). The van der Waals surface area contributed by atoms with E-state index in [0.717, 1.165) is 18.5 Å². The summed E-state index contributed by atoms with van der Waals surface area (Å²) in [6, 6.07) is 6.30. The fourth-order valence-electron chi connectivity index (χ4n) is 2.31. The number of nitrogens with zero attached hydrogens (tertiary/aromatic N) is 1. The Morgan fingerprint density at radius 3 is 2.74 bits per heavy atom. The summed E-state index contributed by atoms with van der Waals surface area (Å²) in [5.74, 6) is 0.223. The van der Waals surface area contributed by atoms with Gasteiger partial charge in [-0.15, -0.1) is 0 Å². The fourth-order valence-corrected chi connectivity index (χ4v) is 2.31. The lowest BCUT2D eigenvalue weighted by Crippen LogP contribution is -2.46. The molecule has 4 heteroatoms. The van der Waals surface area contributed by atoms with Gasteiger partial charge in [-0.05, 0) is 37.5 Å². The number of amides is 1. The summed E-state index contributed by atoms with van der Waals surface area (Å²) < 4.78 is 0. The monoisotopic (exact) mass is 260 g/mol. The van der Waals surface area contributed by atoms with Gasteiger partial charge >= 0.3 is 0 Å². The molecular weight excluding hydrogens is 240 g/mol. The van der Waals surface area contributed by atoms with Gasteiger partial charge in [0.05, 0.1) is 6.04 Å². The molecule has 0 spiro atoms. The number of carbonyl (C=O) groups is 1. The number of nitrogens with two attached hydrogens (primary N) is 1. The van der Waals surface area contributed by atoms with Gasteiger partial charge < -0.3 is 15.7 Å². The Labute approximate surface area is 113 Å². The minimum atomic E-state index is -0.518. The molecule has 3 N–H and O–H groups in total. The number of benzene rings is 1. The van der Waals surface area contributed by atoms with E-state index < -0.39 is 6.04 Å². The molecule has 0 saturated heterocycles. The summed E-state index contributed by atoms with van der Waals surface area (Å²) in [5.41, 5.74) is 8.17. The first-order chi connectivity index (χ1) is 9.06. The number of phenolic OH excluding ortho intramolecular Hbond substituents is 1. The molecule has 19 heavy (non-hydrogen) atoms. The molecule has 102 valence electrons. The molecule has 1 aliphatic rings. The SMILES string of the molecule is CC1=CCCN(C(=O)[C@@H](N)Cc2ccc(O)cc2)C1. The molecule has 0 radical (unpaired) electrons. The Bertz CT molecular complexity index is 479. The van der Waals surface area contributed by atoms with Gasteiger partial charge in [-0.1, -0.05) is 23.8 Å². The van der Waals surface area contributed by atoms with Crippen molar-refractivity contribution < 1.29 is 9.90 Å². The molecule has 0 aliphatic carbocycles. The highest BCUT2D eigenvalue weighted by molar-refractivity contribution is 5.82. The third-order valence-electron chi connectivity index (χ3n) is 3.35. The number of aromatic hydroxyl groups is 1. The van der Waals surface area contributed by atoms with Gasteiger partial charge in [0.15, 0.2) is 0 Å². The Kier molecular flexibility index (Phi) is 4.22. The van der Waals surface area contributed by atoms with Crippen LogP contribution < -0.4 is 5.73 Å². The summed E-state index contributed by atoms with van der Waals surface area (Å²) in [5, 5.41) is 9.22. The van der Waals surface area contributed by atoms with Gasteiger partial charge in [0.25, 0.3) is 0 Å². The molecule has 1 atom stereocenters. The van der Waals surface area contributed by atoms with Crippen molar-refractivity contribution in [2.24, 2.45) is 5.73 Å². The van der Waals surface area contributed by atoms with Crippen LogP contribution in [0.2, 0.25) is 0 Å². The highest BCUT2D eigenvalue weighted by Gasteiger charge is 2.22. The molecule has 0 aromatic heterocycles. The van der Waals surface area contributed by atoms with Crippen molar-refractivity contribution in [3.63, 3.8) is 0 Å². The summed E-state index contributed by atoms with van der Waals surface area (Å²) in [4.78, 5) is 14.1. The molecular formula is C15H20N2O2. The fraction of sp³-hybridized carbons (Fsp3) is 0.400. The quantitative estimate of drug-likeness (QED) is 0.808. The number of rotatable bonds is 3. The average Bonchev–Trinajstić information content (AvgIpc) is 2.40. The third-order valence-corrected chi connectivity index (χ3v) is 3.35. The summed E-state index contributed by atoms with van der Waals surface area (Å²) in [7, 11) is 0. The highest BCUT2D eigenvalue weighted by atomic mass is 16.3. The Hall–Kier alpha value is -1.81. The average molecular weight is 260 g/mol. The van der Waals surface area contributed by atoms with E-state index >= 15 is 0 Å². The smallest absolute Gasteiger partial charge is 0.240 e. The lowest BCUT2D eigenvalue weighted by molar-refractivity contribution is -0.132. The van der Waals surface area contributed by atoms with Crippen LogP contribution in [0.1, 0.15) is 18.9 Å². The van der Waals surface area contributed by atoms with Gasteiger partial charge in [0.1, 0.15) is 5.75 Å². The van der Waals surface area contributed by atoms with Gasteiger partial charge in [-0.2, -0.15) is 0 Å². The van der Waals surface area contributed by atoms with Crippen LogP contribution in [0.25, 0.3) is 0 Å². The van der Waals surface area contributed by atoms with E-state index in [4.69, 9.17) is 5.73 Å². The molecule has 0 saturated carbocycles. The minimum absolute atomic E-state index is 0.000486. The second-order valence-electron chi connectivity index (χ2n) is 5.08. The first-order valence-corrected chi connectivity index (χ1v) is 6.54. The zero-order valence-electron chi connectivity index (χ0n) is 11.2. The lowest BCUT2D eigenvalue weighted by atomic mass is 10.0. The van der Waals surface area contributed by atoms with Crippen molar-refractivity contribution in [3.05, 3.63) is 41.5 Å². The minimum Gasteiger partial charge on any atom is -0.508 e. The zero-order chi connectivity index (χ0) is 13.8. The summed E-state index contributed by atoms with van der Waals surface area (Å²) in [6.07, 6.45) is 3.57. The summed E-state index contributed by atoms with van der Waals surface area (Å²) in [6.45, 7) is 3.46. The van der Waals surface area contributed by atoms with Crippen LogP contribution in [-0.4, -0.2) is 35.0 Å². The predicted octanol–water partition coefficient (Wildman–Crippen LogP) is 1.44. The second kappa shape index (κ2) is 5.89. The molecule has 4 nitrogen and oxygen atoms in total. The van der Waals surface area contributed by atoms with Gasteiger partial charge in [-0.25, -0.2) is 0 Å². The number of hydrogen-bond donors (Lipinski definition) is 2. The van der Waals surface area contributed by atoms with Crippen molar-refractivity contribution in [1.29, 1.82) is 0 Å². The van der Waals surface area contributed by atoms with E-state index in [0.29, 0.717) is 13.0 Å². The maximum absolute atomic E-state index is 12.2. The molecule has 1 aromatic rings. The van der Waals surface area contributed by atoms with Crippen LogP contribution in [-0.2, 0) is 11.2 Å². The predicted molar refractivity (Wildman–Crippen MR) is 74.7 cm³/mol. The van der Waals surface area contributed by atoms with Crippen molar-refractivity contribution in [3.8, 4) is 5.75 Å². The van der Waals surface area contributed by atoms with E-state index in [-0.39, 0.29) is 11.7 Å². The van der Waals surface area contributed by atoms with E-state index in [2.05, 4.69) is 6.08 Å². The molecule has 1 aromatic carbocycles. The maximum Gasteiger partial charge on any atom is 0.240 e. The molecule has 0 fully saturated rings. The normalized spacial score (nSPS) is 16.9. The molecule has 1 amide bonds. The third kappa shape index (κ3) is 3.58. The molecule has 0 unspecified atom stereocenters. The van der Waals surface area contributed by atoms with Crippen molar-refractivity contribution >= 4 is 5.91 Å². The van der Waals surface area contributed by atoms with Gasteiger partial charge in [0, 0.05) is 13.1 Å². The first-order valence-electron chi connectivity index (χ1n) is 6.54. The van der Waals surface area contributed by atoms with E-state index in [1.807, 2.05) is 11.8 Å². The zero-order valence-corrected chi connectivity index (χ0v) is 11.2. The standard InChI is InChI=1S/C15H20N2O2/c1-11-3-2-8-17(10-11)15(19)14(16)9-12-4-6-13(18)7-5-12/h3-7,14,18H,2,8-10,16H2,1H3/t14-/m0/s1. The second-order valence-corrected chi connectivity index (χ2v) is 5.08. The Morgan fingerprint density at radius 1 is 1.42 bits per heavy atom. The van der Waals surface area contributed by atoms with Crippen molar-refractivity contribution in [2.45, 2.75) is 25.8 Å². The molecule has 1 aliphatic heterocycles. The number of hydrogen-bond acceptors (Lipinski definition) is 3. The first kappa shape index (κ1) is 13.6. The Morgan fingerprint density at radius 2 is 2.11 bits per heavy atom. The molecule has 1 heterocycles. The van der Waals surface area contributed by atoms with E-state index in [1.54, 1.807) is 24.3 Å². The topological polar surface area (TPSA) is 66.6 Å². The lowest BCUT2D eigenvalue weighted by Gasteiger charge is -2.28. The van der Waals surface area contributed by atoms with Crippen LogP contribution in [0.5, 0.6) is 5.75 Å². The van der Waals surface area contributed by atoms with Gasteiger partial charge in [0.2, 0.25) is 5.91 Å². The largest absolute Gasteiger partial charge is 0.508 e. The molecule has 0 bridgehead atoms. The van der Waals surface area contributed by atoms with Crippen LogP contribution in [0, 0.1) is 0 Å². The van der Waals surface area contributed by atoms with Gasteiger partial charge in [-0.3, -0.25) is 4.79 Å². The van der Waals surface area contributed by atoms with E-state index in [1.165, 1.54) is 5.57 Å². The van der Waals surface area contributed by atoms with Crippen LogP contribution >= 0.6 is 0 Å². The Balaban J connectivity index is 1.95. The van der Waals surface area contributed by atoms with Crippen LogP contribution in [0.15, 0.2) is 35.9 Å². The van der Waals surface area contributed by atoms with E-state index in [9.17, 15) is 9.90 Å². The van der Waals surface area contributed by atoms with Crippen molar-refractivity contribution in [2.75, 3.05) is 13.1 Å².